The summed E-state index contributed by atoms with van der Waals surface area (Å²) in [6.45, 7) is 4.56. The van der Waals surface area contributed by atoms with Crippen molar-refractivity contribution < 1.29 is 43.9 Å². The molecule has 1 aliphatic rings. The Kier molecular flexibility index (Phi) is 7.59. The van der Waals surface area contributed by atoms with E-state index in [-0.39, 0.29) is 19.3 Å². The van der Waals surface area contributed by atoms with Crippen molar-refractivity contribution in [3.05, 3.63) is 0 Å². The molecule has 9 nitrogen and oxygen atoms in total. The van der Waals surface area contributed by atoms with E-state index >= 15 is 0 Å². The number of ether oxygens (including phenoxy) is 3. The summed E-state index contributed by atoms with van der Waals surface area (Å²) in [5, 5.41) is 30.1. The molecule has 0 saturated heterocycles. The van der Waals surface area contributed by atoms with Gasteiger partial charge >= 0.3 is 17.9 Å². The Hall–Kier alpha value is -1.71. The smallest absolute Gasteiger partial charge is 0.306 e. The van der Waals surface area contributed by atoms with Crippen LogP contribution in [0.15, 0.2) is 0 Å². The van der Waals surface area contributed by atoms with Crippen LogP contribution in [0.25, 0.3) is 0 Å². The molecular weight excluding hydrogens is 324 g/mol. The first-order valence-electron chi connectivity index (χ1n) is 7.89. The number of hydrogen-bond donors (Lipinski definition) is 3. The second-order valence-corrected chi connectivity index (χ2v) is 5.40. The Labute approximate surface area is 139 Å². The predicted octanol–water partition coefficient (Wildman–Crippen LogP) is -0.952. The van der Waals surface area contributed by atoms with Crippen LogP contribution in [0.4, 0.5) is 0 Å². The minimum Gasteiger partial charge on any atom is -0.455 e. The second-order valence-electron chi connectivity index (χ2n) is 5.40. The summed E-state index contributed by atoms with van der Waals surface area (Å²) in [4.78, 5) is 34.8. The van der Waals surface area contributed by atoms with Crippen LogP contribution >= 0.6 is 0 Å². The molecule has 0 aliphatic heterocycles. The van der Waals surface area contributed by atoms with Crippen LogP contribution in [-0.4, -0.2) is 69.9 Å². The van der Waals surface area contributed by atoms with E-state index in [1.165, 1.54) is 20.8 Å². The molecule has 6 atom stereocenters. The van der Waals surface area contributed by atoms with Gasteiger partial charge in [-0.05, 0) is 0 Å². The Morgan fingerprint density at radius 1 is 0.625 bits per heavy atom. The largest absolute Gasteiger partial charge is 0.455 e. The predicted molar refractivity (Wildman–Crippen MR) is 78.5 cm³/mol. The molecule has 0 aromatic heterocycles. The van der Waals surface area contributed by atoms with E-state index in [1.807, 2.05) is 0 Å². The maximum Gasteiger partial charge on any atom is 0.306 e. The van der Waals surface area contributed by atoms with E-state index in [0.29, 0.717) is 0 Å². The highest BCUT2D eigenvalue weighted by Gasteiger charge is 2.55. The zero-order chi connectivity index (χ0) is 18.4. The molecule has 1 saturated carbocycles. The van der Waals surface area contributed by atoms with Crippen LogP contribution in [0, 0.1) is 0 Å². The van der Waals surface area contributed by atoms with E-state index in [9.17, 15) is 29.7 Å². The summed E-state index contributed by atoms with van der Waals surface area (Å²) < 4.78 is 15.2. The van der Waals surface area contributed by atoms with Gasteiger partial charge in [-0.1, -0.05) is 20.8 Å². The first kappa shape index (κ1) is 20.3. The van der Waals surface area contributed by atoms with Crippen LogP contribution in [0.2, 0.25) is 0 Å². The first-order valence-corrected chi connectivity index (χ1v) is 7.89. The fourth-order valence-electron chi connectivity index (χ4n) is 2.28. The molecule has 0 aromatic rings. The molecule has 0 amide bonds. The molecular formula is C15H24O9. The quantitative estimate of drug-likeness (QED) is 0.409. The molecule has 0 radical (unpaired) electrons. The van der Waals surface area contributed by atoms with Crippen molar-refractivity contribution in [3.8, 4) is 0 Å². The molecule has 1 rings (SSSR count). The van der Waals surface area contributed by atoms with Crippen molar-refractivity contribution in [1.82, 2.24) is 0 Å². The van der Waals surface area contributed by atoms with Crippen molar-refractivity contribution in [3.63, 3.8) is 0 Å². The number of hydrogen-bond acceptors (Lipinski definition) is 9. The number of rotatable bonds is 6. The van der Waals surface area contributed by atoms with Gasteiger partial charge < -0.3 is 29.5 Å². The fraction of sp³-hybridized carbons (Fsp3) is 0.800. The molecule has 0 heterocycles. The minimum atomic E-state index is -1.74. The second kappa shape index (κ2) is 8.95. The standard InChI is InChI=1S/C15H24O9/c1-4-7(16)22-13-11(20)10(19)12(21)14(23-8(17)5-2)15(13)24-9(18)6-3/h10-15,19-21H,4-6H2,1-3H3/t10?,11-,12-,13-,14+,15?/m1/s1. The third-order valence-corrected chi connectivity index (χ3v) is 3.69. The van der Waals surface area contributed by atoms with Gasteiger partial charge in [0.05, 0.1) is 0 Å². The average Bonchev–Trinajstić information content (AvgIpc) is 2.58. The van der Waals surface area contributed by atoms with Gasteiger partial charge in [0, 0.05) is 19.3 Å². The summed E-state index contributed by atoms with van der Waals surface area (Å²) in [6.07, 6.45) is -9.59. The van der Waals surface area contributed by atoms with Crippen molar-refractivity contribution in [2.24, 2.45) is 0 Å². The van der Waals surface area contributed by atoms with E-state index in [2.05, 4.69) is 0 Å². The van der Waals surface area contributed by atoms with Crippen molar-refractivity contribution >= 4 is 17.9 Å². The molecule has 3 N–H and O–H groups in total. The Morgan fingerprint density at radius 2 is 0.917 bits per heavy atom. The molecule has 1 fully saturated rings. The zero-order valence-corrected chi connectivity index (χ0v) is 13.9. The molecule has 0 bridgehead atoms. The fourth-order valence-corrected chi connectivity index (χ4v) is 2.28. The maximum atomic E-state index is 11.6. The van der Waals surface area contributed by atoms with Crippen LogP contribution < -0.4 is 0 Å². The Balaban J connectivity index is 3.16. The normalized spacial score (nSPS) is 32.8. The van der Waals surface area contributed by atoms with Gasteiger partial charge in [0.15, 0.2) is 18.3 Å². The zero-order valence-electron chi connectivity index (χ0n) is 13.9. The van der Waals surface area contributed by atoms with Crippen LogP contribution in [0.5, 0.6) is 0 Å². The lowest BCUT2D eigenvalue weighted by molar-refractivity contribution is -0.247. The van der Waals surface area contributed by atoms with Gasteiger partial charge in [-0.15, -0.1) is 0 Å². The number of esters is 3. The lowest BCUT2D eigenvalue weighted by Gasteiger charge is -2.44. The van der Waals surface area contributed by atoms with Crippen molar-refractivity contribution in [1.29, 1.82) is 0 Å². The van der Waals surface area contributed by atoms with Gasteiger partial charge in [0.25, 0.3) is 0 Å². The average molecular weight is 348 g/mol. The number of aliphatic hydroxyl groups excluding tert-OH is 3. The van der Waals surface area contributed by atoms with Gasteiger partial charge in [-0.3, -0.25) is 14.4 Å². The van der Waals surface area contributed by atoms with Crippen molar-refractivity contribution in [2.75, 3.05) is 0 Å². The highest BCUT2D eigenvalue weighted by atomic mass is 16.6. The van der Waals surface area contributed by atoms with E-state index in [0.717, 1.165) is 0 Å². The van der Waals surface area contributed by atoms with Crippen molar-refractivity contribution in [2.45, 2.75) is 76.7 Å². The molecule has 0 spiro atoms. The molecule has 138 valence electrons. The molecule has 24 heavy (non-hydrogen) atoms. The summed E-state index contributed by atoms with van der Waals surface area (Å²) in [6, 6.07) is 0. The van der Waals surface area contributed by atoms with Gasteiger partial charge in [-0.2, -0.15) is 0 Å². The molecule has 9 heteroatoms. The monoisotopic (exact) mass is 348 g/mol. The van der Waals surface area contributed by atoms with Gasteiger partial charge in [0.1, 0.15) is 18.3 Å². The summed E-state index contributed by atoms with van der Waals surface area (Å²) in [5.41, 5.74) is 0. The number of carbonyl (C=O) groups excluding carboxylic acids is 3. The topological polar surface area (TPSA) is 140 Å². The minimum absolute atomic E-state index is 0.0181. The maximum absolute atomic E-state index is 11.6. The SMILES string of the molecule is CCC(=O)OC1[C@@H](OC(=O)CC)[C@H](O)C(O)[C@@H](O)[C@H]1OC(=O)CC. The summed E-state index contributed by atoms with van der Waals surface area (Å²) >= 11 is 0. The highest BCUT2D eigenvalue weighted by molar-refractivity contribution is 5.71. The summed E-state index contributed by atoms with van der Waals surface area (Å²) in [5.74, 6) is -2.12. The highest BCUT2D eigenvalue weighted by Crippen LogP contribution is 2.29. The van der Waals surface area contributed by atoms with Crippen LogP contribution in [-0.2, 0) is 28.6 Å². The Morgan fingerprint density at radius 3 is 1.21 bits per heavy atom. The Bertz CT molecular complexity index is 432. The van der Waals surface area contributed by atoms with E-state index in [1.54, 1.807) is 0 Å². The van der Waals surface area contributed by atoms with E-state index < -0.39 is 54.5 Å². The number of aliphatic hydroxyl groups is 3. The van der Waals surface area contributed by atoms with Gasteiger partial charge in [-0.25, -0.2) is 0 Å². The third-order valence-electron chi connectivity index (χ3n) is 3.69. The number of carbonyl (C=O) groups is 3. The molecule has 0 aromatic carbocycles. The lowest BCUT2D eigenvalue weighted by Crippen LogP contribution is -2.66. The molecule has 2 unspecified atom stereocenters. The van der Waals surface area contributed by atoms with E-state index in [4.69, 9.17) is 14.2 Å². The first-order chi connectivity index (χ1) is 11.3. The third kappa shape index (κ3) is 4.65. The van der Waals surface area contributed by atoms with Crippen LogP contribution in [0.3, 0.4) is 0 Å². The molecule has 1 aliphatic carbocycles. The van der Waals surface area contributed by atoms with Gasteiger partial charge in [0.2, 0.25) is 0 Å². The summed E-state index contributed by atoms with van der Waals surface area (Å²) in [7, 11) is 0. The lowest BCUT2D eigenvalue weighted by atomic mass is 9.84. The van der Waals surface area contributed by atoms with Crippen LogP contribution in [0.1, 0.15) is 40.0 Å².